The Morgan fingerprint density at radius 1 is 1.19 bits per heavy atom. The van der Waals surface area contributed by atoms with Gasteiger partial charge >= 0.3 is 0 Å². The predicted octanol–water partition coefficient (Wildman–Crippen LogP) is 3.52. The minimum atomic E-state index is 0.388. The Kier molecular flexibility index (Phi) is 8.84. The first-order chi connectivity index (χ1) is 10.0. The highest BCUT2D eigenvalue weighted by Gasteiger charge is 2.31. The Bertz CT molecular complexity index is 266. The highest BCUT2D eigenvalue weighted by atomic mass is 16.5. The van der Waals surface area contributed by atoms with Gasteiger partial charge in [-0.1, -0.05) is 27.7 Å². The Balaban J connectivity index is 2.65. The molecular formula is C18H38N2O. The first-order valence-corrected chi connectivity index (χ1v) is 9.01. The van der Waals surface area contributed by atoms with Crippen molar-refractivity contribution >= 4 is 0 Å². The van der Waals surface area contributed by atoms with E-state index < -0.39 is 0 Å². The smallest absolute Gasteiger partial charge is 0.0589 e. The summed E-state index contributed by atoms with van der Waals surface area (Å²) >= 11 is 0. The van der Waals surface area contributed by atoms with Crippen LogP contribution >= 0.6 is 0 Å². The van der Waals surface area contributed by atoms with Gasteiger partial charge < -0.3 is 10.5 Å². The molecule has 0 saturated heterocycles. The van der Waals surface area contributed by atoms with E-state index in [1.54, 1.807) is 7.11 Å². The lowest BCUT2D eigenvalue weighted by molar-refractivity contribution is 0.0764. The first kappa shape index (κ1) is 18.9. The van der Waals surface area contributed by atoms with Crippen molar-refractivity contribution < 1.29 is 4.74 Å². The van der Waals surface area contributed by atoms with E-state index in [-0.39, 0.29) is 0 Å². The van der Waals surface area contributed by atoms with Crippen LogP contribution in [0.15, 0.2) is 0 Å². The quantitative estimate of drug-likeness (QED) is 0.708. The van der Waals surface area contributed by atoms with Crippen LogP contribution in [-0.2, 0) is 4.74 Å². The summed E-state index contributed by atoms with van der Waals surface area (Å²) in [5, 5.41) is 0. The Labute approximate surface area is 132 Å². The van der Waals surface area contributed by atoms with E-state index in [4.69, 9.17) is 10.5 Å². The Morgan fingerprint density at radius 3 is 2.38 bits per heavy atom. The Morgan fingerprint density at radius 2 is 1.86 bits per heavy atom. The summed E-state index contributed by atoms with van der Waals surface area (Å²) in [5.41, 5.74) is 6.44. The minimum absolute atomic E-state index is 0.388. The van der Waals surface area contributed by atoms with Crippen molar-refractivity contribution in [3.63, 3.8) is 0 Å². The maximum atomic E-state index is 6.44. The molecule has 1 saturated carbocycles. The maximum Gasteiger partial charge on any atom is 0.0589 e. The second-order valence-electron chi connectivity index (χ2n) is 7.20. The summed E-state index contributed by atoms with van der Waals surface area (Å²) in [6.07, 6.45) is 6.26. The van der Waals surface area contributed by atoms with Crippen molar-refractivity contribution in [1.82, 2.24) is 4.90 Å². The van der Waals surface area contributed by atoms with E-state index in [2.05, 4.69) is 32.6 Å². The van der Waals surface area contributed by atoms with Gasteiger partial charge in [0, 0.05) is 32.3 Å². The number of hydrogen-bond acceptors (Lipinski definition) is 3. The van der Waals surface area contributed by atoms with Crippen molar-refractivity contribution in [2.45, 2.75) is 71.9 Å². The maximum absolute atomic E-state index is 6.44. The van der Waals surface area contributed by atoms with Gasteiger partial charge in [0.2, 0.25) is 0 Å². The van der Waals surface area contributed by atoms with Gasteiger partial charge in [0.25, 0.3) is 0 Å². The molecule has 1 rings (SSSR count). The van der Waals surface area contributed by atoms with Crippen LogP contribution in [0, 0.1) is 17.8 Å². The number of hydrogen-bond donors (Lipinski definition) is 1. The van der Waals surface area contributed by atoms with Crippen molar-refractivity contribution in [3.8, 4) is 0 Å². The second kappa shape index (κ2) is 9.81. The summed E-state index contributed by atoms with van der Waals surface area (Å²) in [5.74, 6) is 2.31. The third kappa shape index (κ3) is 5.88. The molecule has 2 N–H and O–H groups in total. The fraction of sp³-hybridized carbons (Fsp3) is 1.00. The van der Waals surface area contributed by atoms with Gasteiger partial charge in [-0.15, -0.1) is 0 Å². The molecule has 0 aromatic carbocycles. The topological polar surface area (TPSA) is 38.5 Å². The lowest BCUT2D eigenvalue weighted by atomic mass is 9.73. The molecule has 0 radical (unpaired) electrons. The van der Waals surface area contributed by atoms with Crippen LogP contribution in [0.1, 0.15) is 59.8 Å². The first-order valence-electron chi connectivity index (χ1n) is 9.01. The fourth-order valence-electron chi connectivity index (χ4n) is 3.88. The molecule has 3 nitrogen and oxygen atoms in total. The van der Waals surface area contributed by atoms with Gasteiger partial charge in [0.1, 0.15) is 0 Å². The molecule has 1 aliphatic carbocycles. The molecule has 0 aliphatic heterocycles. The normalized spacial score (nSPS) is 27.0. The van der Waals surface area contributed by atoms with Gasteiger partial charge in [-0.05, 0) is 49.9 Å². The van der Waals surface area contributed by atoms with Gasteiger partial charge in [0.15, 0.2) is 0 Å². The molecule has 0 spiro atoms. The van der Waals surface area contributed by atoms with E-state index in [1.807, 2.05) is 0 Å². The number of nitrogens with two attached hydrogens (primary N) is 1. The SMILES string of the molecule is CCC(CC)N(CCOC)CC1CC(C(C)C)CCC1N. The molecule has 3 heteroatoms. The highest BCUT2D eigenvalue weighted by molar-refractivity contribution is 4.86. The van der Waals surface area contributed by atoms with Crippen LogP contribution in [0.3, 0.4) is 0 Å². The molecule has 0 amide bonds. The molecule has 3 unspecified atom stereocenters. The molecule has 1 aliphatic rings. The summed E-state index contributed by atoms with van der Waals surface area (Å²) in [4.78, 5) is 2.64. The van der Waals surface area contributed by atoms with E-state index in [9.17, 15) is 0 Å². The average Bonchev–Trinajstić information content (AvgIpc) is 2.47. The number of nitrogens with zero attached hydrogens (tertiary/aromatic N) is 1. The lowest BCUT2D eigenvalue weighted by Gasteiger charge is -2.40. The van der Waals surface area contributed by atoms with E-state index in [0.717, 1.165) is 31.5 Å². The molecule has 0 bridgehead atoms. The third-order valence-electron chi connectivity index (χ3n) is 5.54. The molecule has 0 aromatic heterocycles. The van der Waals surface area contributed by atoms with Gasteiger partial charge in [-0.2, -0.15) is 0 Å². The molecule has 3 atom stereocenters. The minimum Gasteiger partial charge on any atom is -0.383 e. The van der Waals surface area contributed by atoms with Crippen molar-refractivity contribution in [3.05, 3.63) is 0 Å². The third-order valence-corrected chi connectivity index (χ3v) is 5.54. The lowest BCUT2D eigenvalue weighted by Crippen LogP contribution is -2.47. The predicted molar refractivity (Wildman–Crippen MR) is 91.5 cm³/mol. The number of methoxy groups -OCH3 is 1. The zero-order valence-corrected chi connectivity index (χ0v) is 15.0. The number of ether oxygens (including phenoxy) is 1. The van der Waals surface area contributed by atoms with Crippen LogP contribution in [0.5, 0.6) is 0 Å². The van der Waals surface area contributed by atoms with E-state index >= 15 is 0 Å². The molecular weight excluding hydrogens is 260 g/mol. The van der Waals surface area contributed by atoms with Gasteiger partial charge in [-0.25, -0.2) is 0 Å². The van der Waals surface area contributed by atoms with Gasteiger partial charge in [-0.3, -0.25) is 4.90 Å². The van der Waals surface area contributed by atoms with Crippen LogP contribution in [0.2, 0.25) is 0 Å². The summed E-state index contributed by atoms with van der Waals surface area (Å²) in [7, 11) is 1.80. The standard InChI is InChI=1S/C18H38N2O/c1-6-17(7-2)20(10-11-21-5)13-16-12-15(14(3)4)8-9-18(16)19/h14-18H,6-13,19H2,1-5H3. The second-order valence-corrected chi connectivity index (χ2v) is 7.20. The molecule has 21 heavy (non-hydrogen) atoms. The highest BCUT2D eigenvalue weighted by Crippen LogP contribution is 2.34. The summed E-state index contributed by atoms with van der Waals surface area (Å²) in [6, 6.07) is 1.06. The van der Waals surface area contributed by atoms with E-state index in [1.165, 1.54) is 32.1 Å². The summed E-state index contributed by atoms with van der Waals surface area (Å²) in [6.45, 7) is 12.3. The van der Waals surface area contributed by atoms with Crippen LogP contribution < -0.4 is 5.73 Å². The van der Waals surface area contributed by atoms with Crippen molar-refractivity contribution in [2.24, 2.45) is 23.5 Å². The van der Waals surface area contributed by atoms with Gasteiger partial charge in [0.05, 0.1) is 6.61 Å². The Hall–Kier alpha value is -0.120. The molecule has 0 aromatic rings. The zero-order valence-electron chi connectivity index (χ0n) is 15.0. The fourth-order valence-corrected chi connectivity index (χ4v) is 3.88. The van der Waals surface area contributed by atoms with Crippen LogP contribution in [0.25, 0.3) is 0 Å². The molecule has 0 heterocycles. The molecule has 126 valence electrons. The largest absolute Gasteiger partial charge is 0.383 e. The molecule has 1 fully saturated rings. The van der Waals surface area contributed by atoms with Crippen LogP contribution in [-0.4, -0.2) is 43.8 Å². The summed E-state index contributed by atoms with van der Waals surface area (Å²) < 4.78 is 5.31. The number of rotatable bonds is 9. The monoisotopic (exact) mass is 298 g/mol. The van der Waals surface area contributed by atoms with Crippen molar-refractivity contribution in [1.29, 1.82) is 0 Å². The van der Waals surface area contributed by atoms with E-state index in [0.29, 0.717) is 18.0 Å². The van der Waals surface area contributed by atoms with Crippen LogP contribution in [0.4, 0.5) is 0 Å². The van der Waals surface area contributed by atoms with Crippen molar-refractivity contribution in [2.75, 3.05) is 26.8 Å². The zero-order chi connectivity index (χ0) is 15.8. The average molecular weight is 299 g/mol.